The number of carbonyl (C=O) groups is 3. The standard InChI is InChI=1S/C21H21N3O3/c1-13(2)23-10-11-24-17(22-20(26)19(25)18(24)21(23)27)12-15-8-5-7-14-6-3-4-9-16(14)15/h3-9,13,18H,10-12H2,1-2H3. The number of Topliss-reactive ketones (excluding diaryl/α,β-unsaturated/α-hetero) is 1. The van der Waals surface area contributed by atoms with Crippen LogP contribution in [0.25, 0.3) is 10.8 Å². The molecule has 0 spiro atoms. The van der Waals surface area contributed by atoms with Gasteiger partial charge in [0.05, 0.1) is 0 Å². The van der Waals surface area contributed by atoms with Gasteiger partial charge >= 0.3 is 5.91 Å². The molecule has 2 aromatic rings. The van der Waals surface area contributed by atoms with Gasteiger partial charge in [-0.05, 0) is 30.2 Å². The molecule has 0 aliphatic carbocycles. The Morgan fingerprint density at radius 1 is 1.04 bits per heavy atom. The van der Waals surface area contributed by atoms with Crippen molar-refractivity contribution in [3.63, 3.8) is 0 Å². The Hall–Kier alpha value is -3.02. The number of piperazine rings is 1. The molecule has 2 amide bonds. The van der Waals surface area contributed by atoms with Crippen LogP contribution < -0.4 is 0 Å². The molecule has 1 unspecified atom stereocenters. The van der Waals surface area contributed by atoms with E-state index in [0.717, 1.165) is 16.3 Å². The highest BCUT2D eigenvalue weighted by Gasteiger charge is 2.47. The van der Waals surface area contributed by atoms with E-state index >= 15 is 0 Å². The third-order valence-electron chi connectivity index (χ3n) is 5.28. The summed E-state index contributed by atoms with van der Waals surface area (Å²) in [5.74, 6) is -1.37. The van der Waals surface area contributed by atoms with Gasteiger partial charge in [0.25, 0.3) is 11.7 Å². The molecule has 2 heterocycles. The fourth-order valence-electron chi connectivity index (χ4n) is 3.90. The monoisotopic (exact) mass is 363 g/mol. The summed E-state index contributed by atoms with van der Waals surface area (Å²) in [5, 5.41) is 2.18. The molecule has 1 fully saturated rings. The second-order valence-corrected chi connectivity index (χ2v) is 7.23. The van der Waals surface area contributed by atoms with Crippen molar-refractivity contribution in [3.05, 3.63) is 48.0 Å². The fourth-order valence-corrected chi connectivity index (χ4v) is 3.90. The fraction of sp³-hybridized carbons (Fsp3) is 0.333. The van der Waals surface area contributed by atoms with Crippen LogP contribution in [0.5, 0.6) is 0 Å². The zero-order chi connectivity index (χ0) is 19.1. The van der Waals surface area contributed by atoms with Crippen molar-refractivity contribution in [1.29, 1.82) is 0 Å². The molecule has 138 valence electrons. The number of aliphatic imine (C=N–C) groups is 1. The average molecular weight is 363 g/mol. The van der Waals surface area contributed by atoms with Gasteiger partial charge in [0, 0.05) is 25.6 Å². The number of hydrogen-bond donors (Lipinski definition) is 0. The van der Waals surface area contributed by atoms with E-state index in [1.807, 2.05) is 56.3 Å². The van der Waals surface area contributed by atoms with Crippen LogP contribution in [-0.2, 0) is 20.8 Å². The summed E-state index contributed by atoms with van der Waals surface area (Å²) >= 11 is 0. The topological polar surface area (TPSA) is 70.0 Å². The summed E-state index contributed by atoms with van der Waals surface area (Å²) in [6.45, 7) is 4.84. The number of amidine groups is 1. The Labute approximate surface area is 157 Å². The SMILES string of the molecule is CC(C)N1CCN2C(Cc3cccc4ccccc34)=NC(=O)C(=O)C2C1=O. The van der Waals surface area contributed by atoms with Crippen molar-refractivity contribution < 1.29 is 14.4 Å². The van der Waals surface area contributed by atoms with E-state index < -0.39 is 17.7 Å². The maximum absolute atomic E-state index is 12.8. The third-order valence-corrected chi connectivity index (χ3v) is 5.28. The maximum atomic E-state index is 12.8. The number of amides is 2. The van der Waals surface area contributed by atoms with Crippen LogP contribution in [0.3, 0.4) is 0 Å². The molecule has 2 aliphatic heterocycles. The molecule has 0 saturated carbocycles. The number of fused-ring (bicyclic) bond motifs is 2. The maximum Gasteiger partial charge on any atom is 0.317 e. The van der Waals surface area contributed by atoms with Crippen LogP contribution in [0.4, 0.5) is 0 Å². The lowest BCUT2D eigenvalue weighted by atomic mass is 9.97. The summed E-state index contributed by atoms with van der Waals surface area (Å²) in [5.41, 5.74) is 1.02. The van der Waals surface area contributed by atoms with Crippen molar-refractivity contribution in [1.82, 2.24) is 9.80 Å². The van der Waals surface area contributed by atoms with Gasteiger partial charge in [0.15, 0.2) is 6.04 Å². The predicted octanol–water partition coefficient (Wildman–Crippen LogP) is 1.81. The molecule has 6 nitrogen and oxygen atoms in total. The summed E-state index contributed by atoms with van der Waals surface area (Å²) in [6.07, 6.45) is 0.409. The number of hydrogen-bond acceptors (Lipinski definition) is 4. The molecule has 27 heavy (non-hydrogen) atoms. The highest BCUT2D eigenvalue weighted by Crippen LogP contribution is 2.24. The van der Waals surface area contributed by atoms with E-state index in [0.29, 0.717) is 25.3 Å². The summed E-state index contributed by atoms with van der Waals surface area (Å²) in [6, 6.07) is 12.9. The Bertz CT molecular complexity index is 974. The van der Waals surface area contributed by atoms with Crippen LogP contribution in [0.15, 0.2) is 47.5 Å². The quantitative estimate of drug-likeness (QED) is 0.616. The van der Waals surface area contributed by atoms with Gasteiger partial charge in [-0.3, -0.25) is 14.4 Å². The van der Waals surface area contributed by atoms with E-state index in [-0.39, 0.29) is 11.9 Å². The Morgan fingerprint density at radius 2 is 1.78 bits per heavy atom. The van der Waals surface area contributed by atoms with Crippen molar-refractivity contribution in [3.8, 4) is 0 Å². The first kappa shape index (κ1) is 17.4. The minimum Gasteiger partial charge on any atom is -0.339 e. The van der Waals surface area contributed by atoms with Crippen molar-refractivity contribution >= 4 is 34.2 Å². The number of carbonyl (C=O) groups excluding carboxylic acids is 3. The zero-order valence-electron chi connectivity index (χ0n) is 15.4. The summed E-state index contributed by atoms with van der Waals surface area (Å²) < 4.78 is 0. The van der Waals surface area contributed by atoms with E-state index in [2.05, 4.69) is 4.99 Å². The van der Waals surface area contributed by atoms with Crippen LogP contribution in [-0.4, -0.2) is 58.4 Å². The summed E-state index contributed by atoms with van der Waals surface area (Å²) in [7, 11) is 0. The number of nitrogens with zero attached hydrogens (tertiary/aromatic N) is 3. The van der Waals surface area contributed by atoms with Crippen LogP contribution in [0.2, 0.25) is 0 Å². The lowest BCUT2D eigenvalue weighted by molar-refractivity contribution is -0.151. The molecule has 1 saturated heterocycles. The largest absolute Gasteiger partial charge is 0.339 e. The van der Waals surface area contributed by atoms with Crippen LogP contribution in [0, 0.1) is 0 Å². The second kappa shape index (κ2) is 6.61. The molecule has 1 atom stereocenters. The number of benzene rings is 2. The van der Waals surface area contributed by atoms with Gasteiger partial charge in [-0.15, -0.1) is 0 Å². The molecule has 0 aromatic heterocycles. The molecule has 6 heteroatoms. The molecule has 2 aliphatic rings. The van der Waals surface area contributed by atoms with Crippen molar-refractivity contribution in [2.24, 2.45) is 4.99 Å². The Morgan fingerprint density at radius 3 is 2.56 bits per heavy atom. The van der Waals surface area contributed by atoms with Gasteiger partial charge in [-0.1, -0.05) is 42.5 Å². The van der Waals surface area contributed by atoms with E-state index in [4.69, 9.17) is 0 Å². The lowest BCUT2D eigenvalue weighted by Crippen LogP contribution is -2.65. The predicted molar refractivity (Wildman–Crippen MR) is 102 cm³/mol. The zero-order valence-corrected chi connectivity index (χ0v) is 15.4. The first-order valence-electron chi connectivity index (χ1n) is 9.17. The third kappa shape index (κ3) is 2.91. The van der Waals surface area contributed by atoms with Gasteiger partial charge in [0.1, 0.15) is 5.84 Å². The van der Waals surface area contributed by atoms with Gasteiger partial charge in [0.2, 0.25) is 0 Å². The molecular weight excluding hydrogens is 342 g/mol. The molecular formula is C21H21N3O3. The molecule has 0 N–H and O–H groups in total. The Balaban J connectivity index is 1.71. The van der Waals surface area contributed by atoms with Gasteiger partial charge in [-0.2, -0.15) is 4.99 Å². The minimum atomic E-state index is -1.07. The smallest absolute Gasteiger partial charge is 0.317 e. The highest BCUT2D eigenvalue weighted by atomic mass is 16.2. The molecule has 0 radical (unpaired) electrons. The van der Waals surface area contributed by atoms with Crippen molar-refractivity contribution in [2.75, 3.05) is 13.1 Å². The first-order valence-corrected chi connectivity index (χ1v) is 9.17. The van der Waals surface area contributed by atoms with E-state index in [1.165, 1.54) is 0 Å². The lowest BCUT2D eigenvalue weighted by Gasteiger charge is -2.44. The summed E-state index contributed by atoms with van der Waals surface area (Å²) in [4.78, 5) is 44.8. The normalized spacial score (nSPS) is 20.3. The van der Waals surface area contributed by atoms with Crippen molar-refractivity contribution in [2.45, 2.75) is 32.4 Å². The van der Waals surface area contributed by atoms with Gasteiger partial charge in [-0.25, -0.2) is 0 Å². The number of ketones is 1. The minimum absolute atomic E-state index is 0.0112. The average Bonchev–Trinajstić information content (AvgIpc) is 2.65. The molecule has 4 rings (SSSR count). The second-order valence-electron chi connectivity index (χ2n) is 7.23. The van der Waals surface area contributed by atoms with Crippen LogP contribution >= 0.6 is 0 Å². The number of rotatable bonds is 3. The van der Waals surface area contributed by atoms with E-state index in [9.17, 15) is 14.4 Å². The molecule has 0 bridgehead atoms. The molecule has 2 aromatic carbocycles. The van der Waals surface area contributed by atoms with Gasteiger partial charge < -0.3 is 9.80 Å². The first-order chi connectivity index (χ1) is 13.0. The van der Waals surface area contributed by atoms with E-state index in [1.54, 1.807) is 9.80 Å². The van der Waals surface area contributed by atoms with Crippen LogP contribution in [0.1, 0.15) is 19.4 Å². The highest BCUT2D eigenvalue weighted by molar-refractivity contribution is 6.45. The Kier molecular flexibility index (Phi) is 4.26.